The van der Waals surface area contributed by atoms with Crippen molar-refractivity contribution in [1.29, 1.82) is 0 Å². The average molecular weight is 547 g/mol. The van der Waals surface area contributed by atoms with Gasteiger partial charge < -0.3 is 24.0 Å². The van der Waals surface area contributed by atoms with Crippen molar-refractivity contribution in [2.75, 3.05) is 46.4 Å². The lowest BCUT2D eigenvalue weighted by atomic mass is 9.87. The number of amides is 1. The summed E-state index contributed by atoms with van der Waals surface area (Å²) in [5.74, 6) is 0.736. The number of nitrogens with zero attached hydrogens (tertiary/aromatic N) is 2. The van der Waals surface area contributed by atoms with Crippen molar-refractivity contribution in [3.05, 3.63) is 57.6 Å². The number of hydrogen-bond acceptors (Lipinski definition) is 6. The first-order chi connectivity index (χ1) is 17.9. The lowest BCUT2D eigenvalue weighted by Crippen LogP contribution is -2.47. The van der Waals surface area contributed by atoms with Gasteiger partial charge in [0.05, 0.1) is 25.2 Å². The Morgan fingerprint density at radius 1 is 1.08 bits per heavy atom. The fraction of sp³-hybridized carbons (Fsp3) is 0.500. The highest BCUT2D eigenvalue weighted by Gasteiger charge is 2.42. The van der Waals surface area contributed by atoms with Crippen molar-refractivity contribution in [3.63, 3.8) is 0 Å². The zero-order valence-electron chi connectivity index (χ0n) is 21.0. The lowest BCUT2D eigenvalue weighted by Gasteiger charge is -2.38. The van der Waals surface area contributed by atoms with Gasteiger partial charge >= 0.3 is 5.97 Å². The van der Waals surface area contributed by atoms with E-state index in [1.807, 2.05) is 18.2 Å². The van der Waals surface area contributed by atoms with E-state index in [1.165, 1.54) is 12.7 Å². The van der Waals surface area contributed by atoms with E-state index < -0.39 is 0 Å². The van der Waals surface area contributed by atoms with Crippen molar-refractivity contribution in [2.24, 2.45) is 5.92 Å². The Hall–Kier alpha value is -2.48. The molecule has 3 heterocycles. The fourth-order valence-electron chi connectivity index (χ4n) is 5.60. The van der Waals surface area contributed by atoms with E-state index in [0.29, 0.717) is 42.5 Å². The first-order valence-electron chi connectivity index (χ1n) is 12.8. The molecule has 3 aliphatic rings. The molecule has 1 atom stereocenters. The van der Waals surface area contributed by atoms with Crippen molar-refractivity contribution in [2.45, 2.75) is 37.7 Å². The number of rotatable bonds is 7. The van der Waals surface area contributed by atoms with Gasteiger partial charge in [-0.25, -0.2) is 0 Å². The summed E-state index contributed by atoms with van der Waals surface area (Å²) in [4.78, 5) is 29.2. The monoisotopic (exact) mass is 546 g/mol. The summed E-state index contributed by atoms with van der Waals surface area (Å²) in [6.45, 7) is 4.21. The molecular formula is C28H32Cl2N2O5. The summed E-state index contributed by atoms with van der Waals surface area (Å²) in [5.41, 5.74) is 1.52. The van der Waals surface area contributed by atoms with E-state index in [9.17, 15) is 9.59 Å². The Bertz CT molecular complexity index is 1170. The minimum absolute atomic E-state index is 0.110. The van der Waals surface area contributed by atoms with Crippen LogP contribution in [0.2, 0.25) is 10.0 Å². The molecule has 1 spiro atoms. The van der Waals surface area contributed by atoms with E-state index in [0.717, 1.165) is 56.1 Å². The van der Waals surface area contributed by atoms with Crippen LogP contribution in [0.5, 0.6) is 11.5 Å². The third kappa shape index (κ3) is 5.84. The minimum atomic E-state index is -0.289. The molecule has 2 aromatic rings. The molecular weight excluding hydrogens is 515 g/mol. The topological polar surface area (TPSA) is 68.3 Å². The molecule has 0 unspecified atom stereocenters. The average Bonchev–Trinajstić information content (AvgIpc) is 3.52. The number of methoxy groups -OCH3 is 1. The maximum atomic E-state index is 13.2. The van der Waals surface area contributed by atoms with Gasteiger partial charge in [-0.3, -0.25) is 9.59 Å². The summed E-state index contributed by atoms with van der Waals surface area (Å²) < 4.78 is 17.2. The van der Waals surface area contributed by atoms with Gasteiger partial charge in [0.2, 0.25) is 0 Å². The Morgan fingerprint density at radius 3 is 2.62 bits per heavy atom. The number of carbonyl (C=O) groups is 2. The quantitative estimate of drug-likeness (QED) is 0.364. The van der Waals surface area contributed by atoms with Crippen molar-refractivity contribution in [3.8, 4) is 11.5 Å². The maximum Gasteiger partial charge on any atom is 0.310 e. The van der Waals surface area contributed by atoms with Gasteiger partial charge in [0.25, 0.3) is 5.91 Å². The molecule has 198 valence electrons. The highest BCUT2D eigenvalue weighted by molar-refractivity contribution is 6.31. The van der Waals surface area contributed by atoms with Crippen LogP contribution in [-0.2, 0) is 16.0 Å². The molecule has 9 heteroatoms. The van der Waals surface area contributed by atoms with Gasteiger partial charge in [-0.15, -0.1) is 0 Å². The molecule has 0 aromatic heterocycles. The number of piperidine rings is 1. The van der Waals surface area contributed by atoms with E-state index >= 15 is 0 Å². The normalized spacial score (nSPS) is 20.5. The lowest BCUT2D eigenvalue weighted by molar-refractivity contribution is -0.144. The Balaban J connectivity index is 1.10. The highest BCUT2D eigenvalue weighted by Crippen LogP contribution is 2.42. The largest absolute Gasteiger partial charge is 0.493 e. The fourth-order valence-corrected chi connectivity index (χ4v) is 5.97. The van der Waals surface area contributed by atoms with Crippen molar-refractivity contribution >= 4 is 35.1 Å². The Kier molecular flexibility index (Phi) is 7.84. The van der Waals surface area contributed by atoms with E-state index in [4.69, 9.17) is 37.4 Å². The Morgan fingerprint density at radius 2 is 1.84 bits per heavy atom. The predicted molar refractivity (Wildman–Crippen MR) is 142 cm³/mol. The number of halogens is 2. The van der Waals surface area contributed by atoms with Crippen LogP contribution in [0.15, 0.2) is 36.4 Å². The van der Waals surface area contributed by atoms with Crippen molar-refractivity contribution in [1.82, 2.24) is 9.80 Å². The second kappa shape index (κ2) is 11.1. The maximum absolute atomic E-state index is 13.2. The summed E-state index contributed by atoms with van der Waals surface area (Å²) in [5, 5.41) is 1.23. The molecule has 37 heavy (non-hydrogen) atoms. The summed E-state index contributed by atoms with van der Waals surface area (Å²) in [7, 11) is 1.37. The highest BCUT2D eigenvalue weighted by atomic mass is 35.5. The number of esters is 1. The van der Waals surface area contributed by atoms with E-state index in [2.05, 4.69) is 4.90 Å². The van der Waals surface area contributed by atoms with E-state index in [-0.39, 0.29) is 23.4 Å². The molecule has 2 aromatic carbocycles. The molecule has 7 nitrogen and oxygen atoms in total. The van der Waals surface area contributed by atoms with Gasteiger partial charge in [0.1, 0.15) is 17.1 Å². The second-order valence-electron chi connectivity index (χ2n) is 10.2. The molecule has 0 N–H and O–H groups in total. The smallest absolute Gasteiger partial charge is 0.310 e. The number of carbonyl (C=O) groups excluding carboxylic acids is 2. The number of ether oxygens (including phenoxy) is 3. The van der Waals surface area contributed by atoms with Crippen LogP contribution in [0.3, 0.4) is 0 Å². The van der Waals surface area contributed by atoms with E-state index in [1.54, 1.807) is 23.1 Å². The standard InChI is InChI=1S/C28H32Cl2N2O5/c1-35-27(34)19-7-11-32(18-19)26(33)23-16-22(30)4-6-25(23)36-14-2-10-31-12-8-28(9-13-31)17-20-15-21(29)3-5-24(20)37-28/h3-6,15-16,19H,2,7-14,17-18H2,1H3/t19-/m1/s1. The molecule has 1 amide bonds. The molecule has 0 aliphatic carbocycles. The zero-order chi connectivity index (χ0) is 26.0. The van der Waals surface area contributed by atoms with Crippen LogP contribution >= 0.6 is 23.2 Å². The first-order valence-corrected chi connectivity index (χ1v) is 13.6. The zero-order valence-corrected chi connectivity index (χ0v) is 22.5. The predicted octanol–water partition coefficient (Wildman–Crippen LogP) is 4.87. The molecule has 2 saturated heterocycles. The van der Waals surface area contributed by atoms with Gasteiger partial charge in [0.15, 0.2) is 0 Å². The molecule has 2 fully saturated rings. The molecule has 5 rings (SSSR count). The molecule has 0 radical (unpaired) electrons. The molecule has 0 bridgehead atoms. The SMILES string of the molecule is COC(=O)[C@@H]1CCN(C(=O)c2cc(Cl)ccc2OCCCN2CCC3(CC2)Cc2cc(Cl)ccc2O3)C1. The van der Waals surface area contributed by atoms with Gasteiger partial charge in [-0.05, 0) is 54.8 Å². The minimum Gasteiger partial charge on any atom is -0.493 e. The third-order valence-electron chi connectivity index (χ3n) is 7.69. The molecule has 0 saturated carbocycles. The van der Waals surface area contributed by atoms with Crippen LogP contribution in [0, 0.1) is 5.92 Å². The number of hydrogen-bond donors (Lipinski definition) is 0. The number of likely N-dealkylation sites (tertiary alicyclic amines) is 2. The summed E-state index contributed by atoms with van der Waals surface area (Å²) in [6, 6.07) is 11.0. The first kappa shape index (κ1) is 26.1. The number of fused-ring (bicyclic) bond motifs is 1. The molecule has 3 aliphatic heterocycles. The van der Waals surface area contributed by atoms with Crippen LogP contribution in [0.1, 0.15) is 41.6 Å². The number of benzene rings is 2. The Labute approximate surface area is 227 Å². The van der Waals surface area contributed by atoms with Crippen LogP contribution < -0.4 is 9.47 Å². The van der Waals surface area contributed by atoms with Gasteiger partial charge in [-0.1, -0.05) is 23.2 Å². The summed E-state index contributed by atoms with van der Waals surface area (Å²) >= 11 is 12.4. The van der Waals surface area contributed by atoms with Crippen molar-refractivity contribution < 1.29 is 23.8 Å². The van der Waals surface area contributed by atoms with Gasteiger partial charge in [0, 0.05) is 62.0 Å². The van der Waals surface area contributed by atoms with Crippen LogP contribution in [0.4, 0.5) is 0 Å². The summed E-state index contributed by atoms with van der Waals surface area (Å²) in [6.07, 6.45) is 4.33. The second-order valence-corrected chi connectivity index (χ2v) is 11.0. The van der Waals surface area contributed by atoms with Crippen LogP contribution in [-0.4, -0.2) is 73.7 Å². The van der Waals surface area contributed by atoms with Gasteiger partial charge in [-0.2, -0.15) is 0 Å². The third-order valence-corrected chi connectivity index (χ3v) is 8.16. The van der Waals surface area contributed by atoms with Crippen LogP contribution in [0.25, 0.3) is 0 Å².